The summed E-state index contributed by atoms with van der Waals surface area (Å²) < 4.78 is 5.56. The number of benzene rings is 1. The van der Waals surface area contributed by atoms with Crippen LogP contribution >= 0.6 is 0 Å². The fourth-order valence-corrected chi connectivity index (χ4v) is 1.92. The van der Waals surface area contributed by atoms with Gasteiger partial charge in [0.05, 0.1) is 6.61 Å². The molecule has 0 saturated heterocycles. The van der Waals surface area contributed by atoms with Crippen LogP contribution in [-0.2, 0) is 6.42 Å². The number of ether oxygens (including phenoxy) is 1. The first-order valence-corrected chi connectivity index (χ1v) is 5.68. The van der Waals surface area contributed by atoms with Gasteiger partial charge in [-0.3, -0.25) is 4.79 Å². The quantitative estimate of drug-likeness (QED) is 0.775. The minimum atomic E-state index is 0.112. The summed E-state index contributed by atoms with van der Waals surface area (Å²) in [5, 5.41) is 0. The lowest BCUT2D eigenvalue weighted by Crippen LogP contribution is -2.09. The van der Waals surface area contributed by atoms with Crippen molar-refractivity contribution >= 4 is 5.78 Å². The van der Waals surface area contributed by atoms with Crippen molar-refractivity contribution in [3.63, 3.8) is 0 Å². The molecular formula is C14H16O2. The Morgan fingerprint density at radius 2 is 2.19 bits per heavy atom. The summed E-state index contributed by atoms with van der Waals surface area (Å²) in [4.78, 5) is 11.7. The van der Waals surface area contributed by atoms with E-state index in [9.17, 15) is 4.79 Å². The van der Waals surface area contributed by atoms with Crippen LogP contribution < -0.4 is 4.74 Å². The van der Waals surface area contributed by atoms with Crippen LogP contribution in [0.2, 0.25) is 0 Å². The Bertz CT molecular complexity index is 444. The van der Waals surface area contributed by atoms with Crippen molar-refractivity contribution in [3.05, 3.63) is 41.0 Å². The molecule has 2 heteroatoms. The van der Waals surface area contributed by atoms with Crippen LogP contribution in [-0.4, -0.2) is 12.4 Å². The van der Waals surface area contributed by atoms with Gasteiger partial charge < -0.3 is 4.74 Å². The highest BCUT2D eigenvalue weighted by molar-refractivity contribution is 6.07. The van der Waals surface area contributed by atoms with Crippen molar-refractivity contribution in [3.8, 4) is 5.75 Å². The molecule has 0 spiro atoms. The van der Waals surface area contributed by atoms with Gasteiger partial charge in [-0.15, -0.1) is 0 Å². The van der Waals surface area contributed by atoms with Crippen LogP contribution in [0.5, 0.6) is 5.75 Å². The van der Waals surface area contributed by atoms with Gasteiger partial charge in [0.1, 0.15) is 5.75 Å². The standard InChI is InChI=1S/C14H16O2/c1-3-6-16-12-4-5-13-11(9-12)7-10(2)8-14(13)15/h4-5,8-9H,3,6-7H2,1-2H3. The maximum atomic E-state index is 11.7. The van der Waals surface area contributed by atoms with Gasteiger partial charge in [0, 0.05) is 5.56 Å². The zero-order valence-corrected chi connectivity index (χ0v) is 9.75. The molecule has 1 aliphatic carbocycles. The Morgan fingerprint density at radius 1 is 1.38 bits per heavy atom. The number of hydrogen-bond acceptors (Lipinski definition) is 2. The molecule has 0 bridgehead atoms. The third-order valence-corrected chi connectivity index (χ3v) is 2.66. The zero-order chi connectivity index (χ0) is 11.5. The maximum absolute atomic E-state index is 11.7. The molecule has 16 heavy (non-hydrogen) atoms. The van der Waals surface area contributed by atoms with Crippen LogP contribution in [0.3, 0.4) is 0 Å². The summed E-state index contributed by atoms with van der Waals surface area (Å²) in [7, 11) is 0. The molecule has 0 saturated carbocycles. The highest BCUT2D eigenvalue weighted by Gasteiger charge is 2.16. The third-order valence-electron chi connectivity index (χ3n) is 2.66. The zero-order valence-electron chi connectivity index (χ0n) is 9.75. The van der Waals surface area contributed by atoms with E-state index >= 15 is 0 Å². The molecule has 0 atom stereocenters. The lowest BCUT2D eigenvalue weighted by molar-refractivity contribution is 0.104. The molecule has 2 rings (SSSR count). The SMILES string of the molecule is CCCOc1ccc2c(c1)CC(C)=CC2=O. The first-order chi connectivity index (χ1) is 7.70. The fraction of sp³-hybridized carbons (Fsp3) is 0.357. The molecule has 1 aromatic carbocycles. The van der Waals surface area contributed by atoms with Crippen molar-refractivity contribution in [2.45, 2.75) is 26.7 Å². The Kier molecular flexibility index (Phi) is 3.09. The number of carbonyl (C=O) groups is 1. The Hall–Kier alpha value is -1.57. The lowest BCUT2D eigenvalue weighted by Gasteiger charge is -2.15. The number of ketones is 1. The van der Waals surface area contributed by atoms with Crippen LogP contribution in [0.4, 0.5) is 0 Å². The van der Waals surface area contributed by atoms with Crippen molar-refractivity contribution in [1.82, 2.24) is 0 Å². The highest BCUT2D eigenvalue weighted by Crippen LogP contribution is 2.25. The molecule has 84 valence electrons. The predicted octanol–water partition coefficient (Wildman–Crippen LogP) is 3.16. The van der Waals surface area contributed by atoms with Crippen LogP contribution in [0.15, 0.2) is 29.8 Å². The predicted molar refractivity (Wildman–Crippen MR) is 64.0 cm³/mol. The number of allylic oxidation sites excluding steroid dienone is 2. The molecule has 0 amide bonds. The van der Waals surface area contributed by atoms with Gasteiger partial charge in [0.25, 0.3) is 0 Å². The van der Waals surface area contributed by atoms with Crippen molar-refractivity contribution < 1.29 is 9.53 Å². The minimum absolute atomic E-state index is 0.112. The summed E-state index contributed by atoms with van der Waals surface area (Å²) in [6, 6.07) is 5.73. The Morgan fingerprint density at radius 3 is 2.94 bits per heavy atom. The summed E-state index contributed by atoms with van der Waals surface area (Å²) in [6.07, 6.45) is 3.56. The van der Waals surface area contributed by atoms with Gasteiger partial charge in [-0.1, -0.05) is 12.5 Å². The third kappa shape index (κ3) is 2.16. The normalized spacial score (nSPS) is 14.4. The van der Waals surface area contributed by atoms with Crippen LogP contribution in [0.1, 0.15) is 36.2 Å². The fourth-order valence-electron chi connectivity index (χ4n) is 1.92. The van der Waals surface area contributed by atoms with E-state index in [1.807, 2.05) is 25.1 Å². The van der Waals surface area contributed by atoms with Crippen LogP contribution in [0.25, 0.3) is 0 Å². The van der Waals surface area contributed by atoms with Gasteiger partial charge in [0.2, 0.25) is 0 Å². The number of rotatable bonds is 3. The first kappa shape index (κ1) is 10.9. The van der Waals surface area contributed by atoms with Gasteiger partial charge in [-0.05, 0) is 49.6 Å². The van der Waals surface area contributed by atoms with E-state index in [2.05, 4.69) is 6.92 Å². The second kappa shape index (κ2) is 4.52. The van der Waals surface area contributed by atoms with E-state index in [1.54, 1.807) is 6.08 Å². The minimum Gasteiger partial charge on any atom is -0.494 e. The van der Waals surface area contributed by atoms with E-state index in [1.165, 1.54) is 0 Å². The van der Waals surface area contributed by atoms with Gasteiger partial charge in [0.15, 0.2) is 5.78 Å². The first-order valence-electron chi connectivity index (χ1n) is 5.68. The van der Waals surface area contributed by atoms with E-state index in [-0.39, 0.29) is 5.78 Å². The van der Waals surface area contributed by atoms with Crippen molar-refractivity contribution in [1.29, 1.82) is 0 Å². The molecule has 0 unspecified atom stereocenters. The van der Waals surface area contributed by atoms with E-state index in [0.717, 1.165) is 41.9 Å². The molecule has 1 aliphatic rings. The highest BCUT2D eigenvalue weighted by atomic mass is 16.5. The number of hydrogen-bond donors (Lipinski definition) is 0. The second-order valence-corrected chi connectivity index (χ2v) is 4.20. The molecular weight excluding hydrogens is 200 g/mol. The molecule has 0 radical (unpaired) electrons. The average molecular weight is 216 g/mol. The molecule has 0 aromatic heterocycles. The largest absolute Gasteiger partial charge is 0.494 e. The lowest BCUT2D eigenvalue weighted by atomic mass is 9.91. The molecule has 1 aromatic rings. The average Bonchev–Trinajstić information content (AvgIpc) is 2.25. The van der Waals surface area contributed by atoms with Gasteiger partial charge >= 0.3 is 0 Å². The Balaban J connectivity index is 2.27. The summed E-state index contributed by atoms with van der Waals surface area (Å²) in [6.45, 7) is 4.79. The van der Waals surface area contributed by atoms with E-state index in [0.29, 0.717) is 0 Å². The smallest absolute Gasteiger partial charge is 0.186 e. The van der Waals surface area contributed by atoms with Crippen molar-refractivity contribution in [2.24, 2.45) is 0 Å². The number of fused-ring (bicyclic) bond motifs is 1. The summed E-state index contributed by atoms with van der Waals surface area (Å²) >= 11 is 0. The monoisotopic (exact) mass is 216 g/mol. The molecule has 0 fully saturated rings. The topological polar surface area (TPSA) is 26.3 Å². The molecule has 0 heterocycles. The summed E-state index contributed by atoms with van der Waals surface area (Å²) in [5.74, 6) is 0.976. The van der Waals surface area contributed by atoms with Gasteiger partial charge in [-0.25, -0.2) is 0 Å². The molecule has 2 nitrogen and oxygen atoms in total. The van der Waals surface area contributed by atoms with Crippen LogP contribution in [0, 0.1) is 0 Å². The molecule has 0 N–H and O–H groups in total. The number of carbonyl (C=O) groups excluding carboxylic acids is 1. The summed E-state index contributed by atoms with van der Waals surface area (Å²) in [5.41, 5.74) is 3.01. The van der Waals surface area contributed by atoms with E-state index in [4.69, 9.17) is 4.74 Å². The maximum Gasteiger partial charge on any atom is 0.186 e. The Labute approximate surface area is 95.9 Å². The second-order valence-electron chi connectivity index (χ2n) is 4.20. The van der Waals surface area contributed by atoms with E-state index < -0.39 is 0 Å². The van der Waals surface area contributed by atoms with Crippen molar-refractivity contribution in [2.75, 3.05) is 6.61 Å². The molecule has 0 aliphatic heterocycles. The van der Waals surface area contributed by atoms with Gasteiger partial charge in [-0.2, -0.15) is 0 Å².